The first kappa shape index (κ1) is 18.7. The molecular weight excluding hydrogens is 348 g/mol. The summed E-state index contributed by atoms with van der Waals surface area (Å²) in [5, 5.41) is 4.89. The molecule has 0 N–H and O–H groups in total. The number of nitrogens with zero attached hydrogens (tertiary/aromatic N) is 6. The molecule has 1 aromatic carbocycles. The molecule has 0 spiro atoms. The van der Waals surface area contributed by atoms with Crippen LogP contribution in [0.1, 0.15) is 35.7 Å². The van der Waals surface area contributed by atoms with E-state index in [0.717, 1.165) is 43.1 Å². The quantitative estimate of drug-likeness (QED) is 0.635. The fraction of sp³-hybridized carbons (Fsp3) is 0.455. The summed E-state index contributed by atoms with van der Waals surface area (Å²) in [6, 6.07) is 10.5. The van der Waals surface area contributed by atoms with E-state index in [-0.39, 0.29) is 0 Å². The van der Waals surface area contributed by atoms with Gasteiger partial charge in [0.25, 0.3) is 0 Å². The smallest absolute Gasteiger partial charge is 0.151 e. The van der Waals surface area contributed by atoms with Crippen LogP contribution >= 0.6 is 0 Å². The van der Waals surface area contributed by atoms with Crippen molar-refractivity contribution < 1.29 is 0 Å². The van der Waals surface area contributed by atoms with Gasteiger partial charge in [-0.3, -0.25) is 9.97 Å². The van der Waals surface area contributed by atoms with Crippen LogP contribution in [-0.4, -0.2) is 49.8 Å². The first-order valence-corrected chi connectivity index (χ1v) is 10.2. The Morgan fingerprint density at radius 3 is 2.61 bits per heavy atom. The van der Waals surface area contributed by atoms with Crippen molar-refractivity contribution in [3.63, 3.8) is 0 Å². The lowest BCUT2D eigenvalue weighted by Gasteiger charge is -2.28. The third-order valence-electron chi connectivity index (χ3n) is 5.50. The molecule has 3 heterocycles. The number of piperidine rings is 1. The van der Waals surface area contributed by atoms with Crippen molar-refractivity contribution in [1.29, 1.82) is 0 Å². The van der Waals surface area contributed by atoms with E-state index in [2.05, 4.69) is 50.9 Å². The van der Waals surface area contributed by atoms with Crippen LogP contribution < -0.4 is 0 Å². The lowest BCUT2D eigenvalue weighted by molar-refractivity contribution is 0.217. The van der Waals surface area contributed by atoms with Crippen LogP contribution in [0.2, 0.25) is 0 Å². The molecule has 0 atom stereocenters. The highest BCUT2D eigenvalue weighted by molar-refractivity contribution is 5.15. The van der Waals surface area contributed by atoms with Crippen LogP contribution in [0, 0.1) is 5.92 Å². The van der Waals surface area contributed by atoms with Gasteiger partial charge in [0.05, 0.1) is 12.2 Å². The van der Waals surface area contributed by atoms with Crippen LogP contribution in [-0.2, 0) is 25.8 Å². The molecule has 6 heteroatoms. The molecule has 0 amide bonds. The molecular formula is C22H28N6. The molecule has 0 saturated carbocycles. The molecule has 1 fully saturated rings. The van der Waals surface area contributed by atoms with Gasteiger partial charge in [-0.25, -0.2) is 9.67 Å². The maximum atomic E-state index is 4.92. The molecule has 1 aliphatic heterocycles. The molecule has 28 heavy (non-hydrogen) atoms. The zero-order chi connectivity index (χ0) is 19.2. The van der Waals surface area contributed by atoms with Gasteiger partial charge in [-0.15, -0.1) is 0 Å². The second-order valence-corrected chi connectivity index (χ2v) is 7.74. The zero-order valence-electron chi connectivity index (χ0n) is 16.5. The van der Waals surface area contributed by atoms with Gasteiger partial charge < -0.3 is 4.90 Å². The Hall–Kier alpha value is -2.60. The molecule has 3 aromatic rings. The van der Waals surface area contributed by atoms with E-state index < -0.39 is 0 Å². The van der Waals surface area contributed by atoms with Crippen LogP contribution in [0.15, 0.2) is 48.9 Å². The molecule has 6 nitrogen and oxygen atoms in total. The summed E-state index contributed by atoms with van der Waals surface area (Å²) in [4.78, 5) is 15.9. The Balaban J connectivity index is 1.49. The van der Waals surface area contributed by atoms with Crippen LogP contribution in [0.3, 0.4) is 0 Å². The molecule has 4 rings (SSSR count). The molecule has 0 radical (unpaired) electrons. The lowest BCUT2D eigenvalue weighted by atomic mass is 9.94. The Kier molecular flexibility index (Phi) is 6.07. The molecule has 0 bridgehead atoms. The monoisotopic (exact) mass is 376 g/mol. The molecule has 1 saturated heterocycles. The second kappa shape index (κ2) is 9.06. The summed E-state index contributed by atoms with van der Waals surface area (Å²) >= 11 is 0. The van der Waals surface area contributed by atoms with E-state index in [9.17, 15) is 0 Å². The van der Waals surface area contributed by atoms with Crippen LogP contribution in [0.25, 0.3) is 0 Å². The SMILES string of the molecule is CN1CCC(Cc2nc(CCc3cnccn3)n(Cc3ccccc3)n2)CC1. The summed E-state index contributed by atoms with van der Waals surface area (Å²) < 4.78 is 2.08. The number of hydrogen-bond acceptors (Lipinski definition) is 5. The number of likely N-dealkylation sites (tertiary alicyclic amines) is 1. The number of aryl methyl sites for hydroxylation is 2. The van der Waals surface area contributed by atoms with Crippen molar-refractivity contribution in [3.05, 3.63) is 71.8 Å². The van der Waals surface area contributed by atoms with E-state index in [1.54, 1.807) is 12.4 Å². The highest BCUT2D eigenvalue weighted by atomic mass is 15.3. The minimum atomic E-state index is 0.691. The highest BCUT2D eigenvalue weighted by Gasteiger charge is 2.20. The molecule has 0 aliphatic carbocycles. The predicted octanol–water partition coefficient (Wildman–Crippen LogP) is 2.79. The Morgan fingerprint density at radius 2 is 1.86 bits per heavy atom. The third kappa shape index (κ3) is 5.01. The third-order valence-corrected chi connectivity index (χ3v) is 5.50. The van der Waals surface area contributed by atoms with Crippen molar-refractivity contribution in [2.24, 2.45) is 5.92 Å². The van der Waals surface area contributed by atoms with E-state index in [1.165, 1.54) is 31.5 Å². The van der Waals surface area contributed by atoms with Crippen molar-refractivity contribution in [1.82, 2.24) is 29.6 Å². The average molecular weight is 377 g/mol. The van der Waals surface area contributed by atoms with Gasteiger partial charge in [-0.2, -0.15) is 5.10 Å². The summed E-state index contributed by atoms with van der Waals surface area (Å²) in [7, 11) is 2.20. The minimum Gasteiger partial charge on any atom is -0.306 e. The first-order valence-electron chi connectivity index (χ1n) is 10.2. The average Bonchev–Trinajstić information content (AvgIpc) is 3.11. The Morgan fingerprint density at radius 1 is 1.04 bits per heavy atom. The molecule has 0 unspecified atom stereocenters. The Labute approximate surface area is 166 Å². The van der Waals surface area contributed by atoms with Gasteiger partial charge in [0, 0.05) is 31.4 Å². The molecule has 146 valence electrons. The van der Waals surface area contributed by atoms with Gasteiger partial charge in [-0.05, 0) is 50.9 Å². The number of aromatic nitrogens is 5. The summed E-state index contributed by atoms with van der Waals surface area (Å²) in [5.41, 5.74) is 2.24. The summed E-state index contributed by atoms with van der Waals surface area (Å²) in [6.07, 6.45) is 10.4. The van der Waals surface area contributed by atoms with Crippen molar-refractivity contribution in [3.8, 4) is 0 Å². The van der Waals surface area contributed by atoms with Gasteiger partial charge in [0.1, 0.15) is 5.82 Å². The Bertz CT molecular complexity index is 853. The van der Waals surface area contributed by atoms with Gasteiger partial charge >= 0.3 is 0 Å². The lowest BCUT2D eigenvalue weighted by Crippen LogP contribution is -2.31. The van der Waals surface area contributed by atoms with E-state index >= 15 is 0 Å². The maximum Gasteiger partial charge on any atom is 0.151 e. The van der Waals surface area contributed by atoms with Gasteiger partial charge in [0.15, 0.2) is 5.82 Å². The minimum absolute atomic E-state index is 0.691. The number of hydrogen-bond donors (Lipinski definition) is 0. The van der Waals surface area contributed by atoms with Gasteiger partial charge in [0.2, 0.25) is 0 Å². The van der Waals surface area contributed by atoms with E-state index in [1.807, 2.05) is 12.3 Å². The fourth-order valence-electron chi connectivity index (χ4n) is 3.80. The van der Waals surface area contributed by atoms with Crippen LogP contribution in [0.4, 0.5) is 0 Å². The van der Waals surface area contributed by atoms with Crippen molar-refractivity contribution in [2.45, 2.75) is 38.6 Å². The van der Waals surface area contributed by atoms with Crippen molar-refractivity contribution >= 4 is 0 Å². The normalized spacial score (nSPS) is 15.8. The second-order valence-electron chi connectivity index (χ2n) is 7.74. The number of rotatable bonds is 7. The van der Waals surface area contributed by atoms with Crippen molar-refractivity contribution in [2.75, 3.05) is 20.1 Å². The van der Waals surface area contributed by atoms with Gasteiger partial charge in [-0.1, -0.05) is 30.3 Å². The maximum absolute atomic E-state index is 4.92. The predicted molar refractivity (Wildman–Crippen MR) is 109 cm³/mol. The molecule has 1 aliphatic rings. The van der Waals surface area contributed by atoms with E-state index in [0.29, 0.717) is 5.92 Å². The fourth-order valence-corrected chi connectivity index (χ4v) is 3.80. The van der Waals surface area contributed by atoms with E-state index in [4.69, 9.17) is 10.1 Å². The largest absolute Gasteiger partial charge is 0.306 e. The number of benzene rings is 1. The first-order chi connectivity index (χ1) is 13.8. The highest BCUT2D eigenvalue weighted by Crippen LogP contribution is 2.20. The standard InChI is InChI=1S/C22H28N6/c1-27-13-9-18(10-14-27)15-21-25-22(8-7-20-16-23-11-12-24-20)28(26-21)17-19-5-3-2-4-6-19/h2-6,11-12,16,18H,7-10,13-15,17H2,1H3. The topological polar surface area (TPSA) is 59.7 Å². The zero-order valence-corrected chi connectivity index (χ0v) is 16.5. The van der Waals surface area contributed by atoms with Crippen LogP contribution in [0.5, 0.6) is 0 Å². The summed E-state index contributed by atoms with van der Waals surface area (Å²) in [5.74, 6) is 2.72. The molecule has 2 aromatic heterocycles. The summed E-state index contributed by atoms with van der Waals surface area (Å²) in [6.45, 7) is 3.11.